The van der Waals surface area contributed by atoms with Crippen molar-refractivity contribution in [3.8, 4) is 0 Å². The highest BCUT2D eigenvalue weighted by atomic mass is 32.1. The number of hydrogen-bond acceptors (Lipinski definition) is 3. The maximum absolute atomic E-state index is 11.9. The molecule has 0 saturated carbocycles. The van der Waals surface area contributed by atoms with Gasteiger partial charge in [0.1, 0.15) is 0 Å². The zero-order valence-electron chi connectivity index (χ0n) is 11.4. The highest BCUT2D eigenvalue weighted by molar-refractivity contribution is 7.12. The van der Waals surface area contributed by atoms with Gasteiger partial charge >= 0.3 is 0 Å². The van der Waals surface area contributed by atoms with E-state index in [2.05, 4.69) is 11.4 Å². The molecule has 1 atom stereocenters. The molecule has 0 aromatic carbocycles. The Hall–Kier alpha value is -0.870. The summed E-state index contributed by atoms with van der Waals surface area (Å²) in [6, 6.07) is 1.78. The number of carbonyl (C=O) groups excluding carboxylic acids is 1. The van der Waals surface area contributed by atoms with Crippen molar-refractivity contribution in [2.45, 2.75) is 52.6 Å². The number of thiophene rings is 1. The second-order valence-corrected chi connectivity index (χ2v) is 7.30. The predicted molar refractivity (Wildman–Crippen MR) is 75.6 cm³/mol. The van der Waals surface area contributed by atoms with Crippen molar-refractivity contribution in [2.24, 2.45) is 11.1 Å². The summed E-state index contributed by atoms with van der Waals surface area (Å²) in [7, 11) is 0. The van der Waals surface area contributed by atoms with Gasteiger partial charge in [-0.1, -0.05) is 20.8 Å². The van der Waals surface area contributed by atoms with Crippen molar-refractivity contribution in [2.75, 3.05) is 0 Å². The van der Waals surface area contributed by atoms with Crippen LogP contribution in [0.5, 0.6) is 0 Å². The Balaban J connectivity index is 1.89. The number of nitrogens with one attached hydrogen (secondary N) is 1. The van der Waals surface area contributed by atoms with Crippen LogP contribution in [0.2, 0.25) is 0 Å². The van der Waals surface area contributed by atoms with Crippen molar-refractivity contribution in [3.63, 3.8) is 0 Å². The Morgan fingerprint density at radius 3 is 2.83 bits per heavy atom. The van der Waals surface area contributed by atoms with Crippen LogP contribution < -0.4 is 11.1 Å². The van der Waals surface area contributed by atoms with E-state index in [1.807, 2.05) is 32.1 Å². The zero-order chi connectivity index (χ0) is 13.3. The monoisotopic (exact) mass is 266 g/mol. The standard InChI is InChI=1S/C14H22N2OS/c1-14(2,3)12(15)13(17)16-8-10-7-9-5-4-6-11(9)18-10/h7,12H,4-6,8,15H2,1-3H3,(H,16,17)/t12-/m1/s1. The van der Waals surface area contributed by atoms with Gasteiger partial charge in [0.2, 0.25) is 5.91 Å². The van der Waals surface area contributed by atoms with Crippen molar-refractivity contribution in [1.82, 2.24) is 5.32 Å². The van der Waals surface area contributed by atoms with E-state index in [1.165, 1.54) is 34.6 Å². The molecule has 0 spiro atoms. The molecule has 0 aliphatic heterocycles. The van der Waals surface area contributed by atoms with Crippen LogP contribution in [0, 0.1) is 5.41 Å². The molecule has 0 unspecified atom stereocenters. The normalized spacial score (nSPS) is 16.4. The van der Waals surface area contributed by atoms with Gasteiger partial charge in [0.15, 0.2) is 0 Å². The molecule has 0 saturated heterocycles. The van der Waals surface area contributed by atoms with Gasteiger partial charge in [-0.2, -0.15) is 0 Å². The second kappa shape index (κ2) is 5.02. The molecule has 1 aliphatic carbocycles. The minimum absolute atomic E-state index is 0.0592. The summed E-state index contributed by atoms with van der Waals surface area (Å²) in [5.41, 5.74) is 7.21. The summed E-state index contributed by atoms with van der Waals surface area (Å²) in [6.07, 6.45) is 3.68. The SMILES string of the molecule is CC(C)(C)[C@H](N)C(=O)NCc1cc2c(s1)CCC2. The molecular weight excluding hydrogens is 244 g/mol. The van der Waals surface area contributed by atoms with E-state index in [4.69, 9.17) is 5.73 Å². The first-order valence-electron chi connectivity index (χ1n) is 6.51. The summed E-state index contributed by atoms with van der Waals surface area (Å²) in [5.74, 6) is -0.0592. The fraction of sp³-hybridized carbons (Fsp3) is 0.643. The van der Waals surface area contributed by atoms with Crippen LogP contribution in [0.15, 0.2) is 6.07 Å². The number of hydrogen-bond donors (Lipinski definition) is 2. The van der Waals surface area contributed by atoms with Gasteiger partial charge in [0, 0.05) is 9.75 Å². The Labute approximate surface area is 113 Å². The van der Waals surface area contributed by atoms with E-state index in [0.29, 0.717) is 6.54 Å². The van der Waals surface area contributed by atoms with Gasteiger partial charge in [-0.05, 0) is 36.3 Å². The molecule has 1 aliphatic rings. The van der Waals surface area contributed by atoms with Gasteiger partial charge in [-0.15, -0.1) is 11.3 Å². The van der Waals surface area contributed by atoms with Gasteiger partial charge in [-0.25, -0.2) is 0 Å². The van der Waals surface area contributed by atoms with E-state index in [0.717, 1.165) is 0 Å². The summed E-state index contributed by atoms with van der Waals surface area (Å²) in [5, 5.41) is 2.94. The van der Waals surface area contributed by atoms with E-state index >= 15 is 0 Å². The van der Waals surface area contributed by atoms with E-state index < -0.39 is 6.04 Å². The summed E-state index contributed by atoms with van der Waals surface area (Å²) in [6.45, 7) is 6.56. The van der Waals surface area contributed by atoms with Crippen LogP contribution in [-0.2, 0) is 24.2 Å². The Morgan fingerprint density at radius 2 is 2.22 bits per heavy atom. The zero-order valence-corrected chi connectivity index (χ0v) is 12.2. The van der Waals surface area contributed by atoms with E-state index in [9.17, 15) is 4.79 Å². The minimum Gasteiger partial charge on any atom is -0.350 e. The van der Waals surface area contributed by atoms with Crippen molar-refractivity contribution in [3.05, 3.63) is 21.4 Å². The lowest BCUT2D eigenvalue weighted by Gasteiger charge is -2.25. The molecule has 3 N–H and O–H groups in total. The van der Waals surface area contributed by atoms with E-state index in [1.54, 1.807) is 0 Å². The highest BCUT2D eigenvalue weighted by Crippen LogP contribution is 2.30. The van der Waals surface area contributed by atoms with E-state index in [-0.39, 0.29) is 11.3 Å². The van der Waals surface area contributed by atoms with Crippen LogP contribution in [0.3, 0.4) is 0 Å². The number of nitrogens with two attached hydrogens (primary N) is 1. The topological polar surface area (TPSA) is 55.1 Å². The second-order valence-electron chi connectivity index (χ2n) is 6.08. The molecule has 18 heavy (non-hydrogen) atoms. The molecule has 1 amide bonds. The molecule has 0 fully saturated rings. The van der Waals surface area contributed by atoms with Crippen LogP contribution in [0.4, 0.5) is 0 Å². The van der Waals surface area contributed by atoms with Crippen LogP contribution >= 0.6 is 11.3 Å². The Morgan fingerprint density at radius 1 is 1.50 bits per heavy atom. The first-order chi connectivity index (χ1) is 8.38. The van der Waals surface area contributed by atoms with Gasteiger partial charge in [-0.3, -0.25) is 4.79 Å². The molecule has 0 bridgehead atoms. The molecular formula is C14H22N2OS. The lowest BCUT2D eigenvalue weighted by Crippen LogP contribution is -2.48. The largest absolute Gasteiger partial charge is 0.350 e. The fourth-order valence-corrected chi connectivity index (χ4v) is 3.36. The molecule has 1 aromatic rings. The average Bonchev–Trinajstić information content (AvgIpc) is 2.83. The van der Waals surface area contributed by atoms with Crippen molar-refractivity contribution in [1.29, 1.82) is 0 Å². The molecule has 3 nitrogen and oxygen atoms in total. The maximum atomic E-state index is 11.9. The number of fused-ring (bicyclic) bond motifs is 1. The fourth-order valence-electron chi connectivity index (χ4n) is 2.16. The molecule has 0 radical (unpaired) electrons. The molecule has 1 aromatic heterocycles. The van der Waals surface area contributed by atoms with Crippen LogP contribution in [0.25, 0.3) is 0 Å². The summed E-state index contributed by atoms with van der Waals surface area (Å²) in [4.78, 5) is 14.7. The van der Waals surface area contributed by atoms with Crippen LogP contribution in [-0.4, -0.2) is 11.9 Å². The smallest absolute Gasteiger partial charge is 0.237 e. The number of amides is 1. The van der Waals surface area contributed by atoms with Crippen molar-refractivity contribution < 1.29 is 4.79 Å². The van der Waals surface area contributed by atoms with Crippen molar-refractivity contribution >= 4 is 17.2 Å². The molecule has 4 heteroatoms. The minimum atomic E-state index is -0.454. The van der Waals surface area contributed by atoms with Gasteiger partial charge in [0.05, 0.1) is 12.6 Å². The first-order valence-corrected chi connectivity index (χ1v) is 7.33. The molecule has 2 rings (SSSR count). The summed E-state index contributed by atoms with van der Waals surface area (Å²) < 4.78 is 0. The number of rotatable bonds is 3. The maximum Gasteiger partial charge on any atom is 0.237 e. The summed E-state index contributed by atoms with van der Waals surface area (Å²) >= 11 is 1.83. The van der Waals surface area contributed by atoms with Gasteiger partial charge < -0.3 is 11.1 Å². The quantitative estimate of drug-likeness (QED) is 0.881. The third-order valence-electron chi connectivity index (χ3n) is 3.45. The van der Waals surface area contributed by atoms with Crippen LogP contribution in [0.1, 0.15) is 42.5 Å². The number of aryl methyl sites for hydroxylation is 2. The first kappa shape index (κ1) is 13.6. The lowest BCUT2D eigenvalue weighted by atomic mass is 9.87. The third-order valence-corrected chi connectivity index (χ3v) is 4.69. The Bertz CT molecular complexity index is 424. The van der Waals surface area contributed by atoms with Gasteiger partial charge in [0.25, 0.3) is 0 Å². The molecule has 100 valence electrons. The Kier molecular flexibility index (Phi) is 3.78. The lowest BCUT2D eigenvalue weighted by molar-refractivity contribution is -0.124. The molecule has 1 heterocycles. The average molecular weight is 266 g/mol. The predicted octanol–water partition coefficient (Wildman–Crippen LogP) is 2.23. The number of carbonyl (C=O) groups is 1. The highest BCUT2D eigenvalue weighted by Gasteiger charge is 2.27. The third kappa shape index (κ3) is 2.93.